The number of nitrogens with zero attached hydrogens (tertiary/aromatic N) is 2. The van der Waals surface area contributed by atoms with E-state index >= 15 is 0 Å². The Hall–Kier alpha value is -0.340. The van der Waals surface area contributed by atoms with E-state index in [4.69, 9.17) is 9.47 Å². The first kappa shape index (κ1) is 18.7. The van der Waals surface area contributed by atoms with Crippen LogP contribution in [-0.2, 0) is 9.47 Å². The van der Waals surface area contributed by atoms with Crippen molar-refractivity contribution in [3.8, 4) is 0 Å². The van der Waals surface area contributed by atoms with E-state index < -0.39 is 0 Å². The smallest absolute Gasteiger partial charge is 0.193 e. The number of aliphatic imine (C=N–C) groups is 1. The van der Waals surface area contributed by atoms with E-state index in [1.807, 2.05) is 13.1 Å². The first-order valence-corrected chi connectivity index (χ1v) is 6.45. The topological polar surface area (TPSA) is 46.1 Å². The lowest BCUT2D eigenvalue weighted by atomic mass is 10.1. The highest BCUT2D eigenvalue weighted by Gasteiger charge is 2.24. The van der Waals surface area contributed by atoms with Crippen LogP contribution < -0.4 is 5.32 Å². The minimum Gasteiger partial charge on any atom is -0.382 e. The molecular formula is C13H26IN3O2. The highest BCUT2D eigenvalue weighted by molar-refractivity contribution is 14.0. The predicted octanol–water partition coefficient (Wildman–Crippen LogP) is 1.35. The number of halogens is 1. The van der Waals surface area contributed by atoms with Crippen molar-refractivity contribution in [1.82, 2.24) is 10.2 Å². The minimum absolute atomic E-state index is 0. The molecule has 6 heteroatoms. The number of likely N-dealkylation sites (tertiary alicyclic amines) is 1. The molecule has 1 heterocycles. The fourth-order valence-electron chi connectivity index (χ4n) is 2.05. The highest BCUT2D eigenvalue weighted by Crippen LogP contribution is 2.16. The van der Waals surface area contributed by atoms with Crippen molar-refractivity contribution >= 4 is 29.9 Å². The Labute approximate surface area is 133 Å². The maximum atomic E-state index is 5.57. The van der Waals surface area contributed by atoms with Crippen LogP contribution in [0.15, 0.2) is 17.6 Å². The molecule has 0 aliphatic carbocycles. The molecule has 0 saturated carbocycles. The van der Waals surface area contributed by atoms with Gasteiger partial charge in [0.15, 0.2) is 5.96 Å². The number of guanidine groups is 1. The third-order valence-electron chi connectivity index (χ3n) is 2.99. The molecule has 1 aliphatic heterocycles. The van der Waals surface area contributed by atoms with E-state index in [1.54, 1.807) is 7.11 Å². The molecule has 1 rings (SSSR count). The molecular weight excluding hydrogens is 357 g/mol. The molecule has 0 aromatic carbocycles. The molecule has 19 heavy (non-hydrogen) atoms. The molecule has 1 unspecified atom stereocenters. The molecule has 1 saturated heterocycles. The van der Waals surface area contributed by atoms with Gasteiger partial charge in [0.25, 0.3) is 0 Å². The summed E-state index contributed by atoms with van der Waals surface area (Å²) in [5, 5.41) is 3.26. The Morgan fingerprint density at radius 2 is 2.32 bits per heavy atom. The van der Waals surface area contributed by atoms with Crippen LogP contribution in [0, 0.1) is 5.92 Å². The van der Waals surface area contributed by atoms with Crippen LogP contribution in [0.2, 0.25) is 0 Å². The van der Waals surface area contributed by atoms with Crippen LogP contribution >= 0.6 is 24.0 Å². The van der Waals surface area contributed by atoms with E-state index in [9.17, 15) is 0 Å². The van der Waals surface area contributed by atoms with Gasteiger partial charge in [-0.05, 0) is 6.42 Å². The van der Waals surface area contributed by atoms with E-state index in [1.165, 1.54) is 0 Å². The van der Waals surface area contributed by atoms with Gasteiger partial charge in [0.1, 0.15) is 0 Å². The number of rotatable bonds is 7. The molecule has 1 atom stereocenters. The summed E-state index contributed by atoms with van der Waals surface area (Å²) in [6.45, 7) is 8.63. The molecule has 112 valence electrons. The van der Waals surface area contributed by atoms with Gasteiger partial charge >= 0.3 is 0 Å². The average molecular weight is 383 g/mol. The Kier molecular flexibility index (Phi) is 11.3. The van der Waals surface area contributed by atoms with Gasteiger partial charge in [-0.25, -0.2) is 0 Å². The third-order valence-corrected chi connectivity index (χ3v) is 2.99. The summed E-state index contributed by atoms with van der Waals surface area (Å²) in [6, 6.07) is 0. The Morgan fingerprint density at radius 1 is 1.53 bits per heavy atom. The molecule has 0 amide bonds. The lowest BCUT2D eigenvalue weighted by Crippen LogP contribution is -2.40. The zero-order chi connectivity index (χ0) is 13.2. The maximum Gasteiger partial charge on any atom is 0.193 e. The largest absolute Gasteiger partial charge is 0.382 e. The quantitative estimate of drug-likeness (QED) is 0.237. The maximum absolute atomic E-state index is 5.57. The zero-order valence-corrected chi connectivity index (χ0v) is 14.3. The fourth-order valence-corrected chi connectivity index (χ4v) is 2.05. The normalized spacial score (nSPS) is 19.2. The standard InChI is InChI=1S/C13H25N3O2.HI/c1-4-6-15-13(14-2)16-7-5-12(10-16)11-18-9-8-17-3;/h4,12H,1,5-11H2,2-3H3,(H,14,15);1H. The van der Waals surface area contributed by atoms with E-state index in [0.29, 0.717) is 19.1 Å². The first-order chi connectivity index (χ1) is 8.81. The molecule has 0 aromatic rings. The minimum atomic E-state index is 0. The van der Waals surface area contributed by atoms with Gasteiger partial charge in [-0.2, -0.15) is 0 Å². The second-order valence-corrected chi connectivity index (χ2v) is 4.39. The van der Waals surface area contributed by atoms with Crippen molar-refractivity contribution < 1.29 is 9.47 Å². The van der Waals surface area contributed by atoms with Gasteiger partial charge < -0.3 is 19.7 Å². The number of hydrogen-bond acceptors (Lipinski definition) is 3. The van der Waals surface area contributed by atoms with Gasteiger partial charge in [0.05, 0.1) is 19.8 Å². The molecule has 5 nitrogen and oxygen atoms in total. The summed E-state index contributed by atoms with van der Waals surface area (Å²) < 4.78 is 10.5. The van der Waals surface area contributed by atoms with E-state index in [0.717, 1.165) is 38.6 Å². The lowest BCUT2D eigenvalue weighted by Gasteiger charge is -2.21. The Balaban J connectivity index is 0.00000324. The van der Waals surface area contributed by atoms with E-state index in [-0.39, 0.29) is 24.0 Å². The predicted molar refractivity (Wildman–Crippen MR) is 89.3 cm³/mol. The number of hydrogen-bond donors (Lipinski definition) is 1. The molecule has 0 aromatic heterocycles. The SMILES string of the molecule is C=CCNC(=NC)N1CCC(COCCOC)C1.I. The van der Waals surface area contributed by atoms with Gasteiger partial charge in [-0.3, -0.25) is 4.99 Å². The fraction of sp³-hybridized carbons (Fsp3) is 0.769. The highest BCUT2D eigenvalue weighted by atomic mass is 127. The van der Waals surface area contributed by atoms with Gasteiger partial charge in [-0.1, -0.05) is 6.08 Å². The van der Waals surface area contributed by atoms with Crippen LogP contribution in [0.5, 0.6) is 0 Å². The van der Waals surface area contributed by atoms with Crippen LogP contribution in [0.25, 0.3) is 0 Å². The van der Waals surface area contributed by atoms with Crippen molar-refractivity contribution in [3.05, 3.63) is 12.7 Å². The summed E-state index contributed by atoms with van der Waals surface area (Å²) in [4.78, 5) is 6.55. The molecule has 1 aliphatic rings. The summed E-state index contributed by atoms with van der Waals surface area (Å²) in [6.07, 6.45) is 2.99. The zero-order valence-electron chi connectivity index (χ0n) is 11.9. The van der Waals surface area contributed by atoms with Crippen molar-refractivity contribution in [2.45, 2.75) is 6.42 Å². The summed E-state index contributed by atoms with van der Waals surface area (Å²) in [5.41, 5.74) is 0. The Morgan fingerprint density at radius 3 is 2.95 bits per heavy atom. The van der Waals surface area contributed by atoms with Crippen LogP contribution in [0.3, 0.4) is 0 Å². The summed E-state index contributed by atoms with van der Waals surface area (Å²) >= 11 is 0. The number of methoxy groups -OCH3 is 1. The van der Waals surface area contributed by atoms with Crippen molar-refractivity contribution in [2.75, 3.05) is 53.6 Å². The second kappa shape index (κ2) is 11.5. The second-order valence-electron chi connectivity index (χ2n) is 4.39. The molecule has 0 bridgehead atoms. The monoisotopic (exact) mass is 383 g/mol. The summed E-state index contributed by atoms with van der Waals surface area (Å²) in [7, 11) is 3.50. The average Bonchev–Trinajstić information content (AvgIpc) is 2.84. The Bertz CT molecular complexity index is 275. The van der Waals surface area contributed by atoms with Gasteiger partial charge in [-0.15, -0.1) is 30.6 Å². The third kappa shape index (κ3) is 7.12. The molecule has 0 radical (unpaired) electrons. The van der Waals surface area contributed by atoms with Crippen molar-refractivity contribution in [2.24, 2.45) is 10.9 Å². The molecule has 1 N–H and O–H groups in total. The van der Waals surface area contributed by atoms with Crippen LogP contribution in [0.4, 0.5) is 0 Å². The first-order valence-electron chi connectivity index (χ1n) is 6.45. The number of nitrogens with one attached hydrogen (secondary N) is 1. The summed E-state index contributed by atoms with van der Waals surface area (Å²) in [5.74, 6) is 1.54. The molecule has 0 spiro atoms. The van der Waals surface area contributed by atoms with Crippen molar-refractivity contribution in [3.63, 3.8) is 0 Å². The van der Waals surface area contributed by atoms with E-state index in [2.05, 4.69) is 21.8 Å². The van der Waals surface area contributed by atoms with Crippen LogP contribution in [0.1, 0.15) is 6.42 Å². The van der Waals surface area contributed by atoms with Gasteiger partial charge in [0, 0.05) is 39.7 Å². The lowest BCUT2D eigenvalue weighted by molar-refractivity contribution is 0.0536. The van der Waals surface area contributed by atoms with Gasteiger partial charge in [0.2, 0.25) is 0 Å². The van der Waals surface area contributed by atoms with Crippen molar-refractivity contribution in [1.29, 1.82) is 0 Å². The van der Waals surface area contributed by atoms with Crippen LogP contribution in [-0.4, -0.2) is 64.5 Å². The molecule has 1 fully saturated rings. The number of ether oxygens (including phenoxy) is 2.